The molecule has 110 valence electrons. The van der Waals surface area contributed by atoms with E-state index in [1.54, 1.807) is 7.11 Å². The maximum atomic E-state index is 5.62. The number of ether oxygens (including phenoxy) is 2. The van der Waals surface area contributed by atoms with Crippen molar-refractivity contribution in [1.82, 2.24) is 0 Å². The van der Waals surface area contributed by atoms with E-state index in [1.807, 2.05) is 48.5 Å². The van der Waals surface area contributed by atoms with Gasteiger partial charge in [0.25, 0.3) is 0 Å². The predicted octanol–water partition coefficient (Wildman–Crippen LogP) is 4.87. The summed E-state index contributed by atoms with van der Waals surface area (Å²) in [5, 5.41) is 0. The zero-order valence-electron chi connectivity index (χ0n) is 12.1. The standard InChI is InChI=1S/C18H19ClO2/c1-20-18-5-2-4-16(14-18)7-6-15-8-10-17(11-9-15)21-13-3-12-19/h2,4-11,14H,3,12-13H2,1H3/b7-6+. The number of alkyl halides is 1. The summed E-state index contributed by atoms with van der Waals surface area (Å²) in [6, 6.07) is 16.0. The number of hydrogen-bond donors (Lipinski definition) is 0. The second-order valence-corrected chi connectivity index (χ2v) is 4.95. The van der Waals surface area contributed by atoms with Gasteiger partial charge in [-0.3, -0.25) is 0 Å². The predicted molar refractivity (Wildman–Crippen MR) is 89.2 cm³/mol. The molecule has 2 aromatic carbocycles. The van der Waals surface area contributed by atoms with Crippen molar-refractivity contribution >= 4 is 23.8 Å². The molecule has 0 atom stereocenters. The Morgan fingerprint density at radius 2 is 1.71 bits per heavy atom. The van der Waals surface area contributed by atoms with Crippen LogP contribution in [0.2, 0.25) is 0 Å². The van der Waals surface area contributed by atoms with Crippen LogP contribution >= 0.6 is 11.6 Å². The van der Waals surface area contributed by atoms with E-state index in [2.05, 4.69) is 12.2 Å². The molecule has 0 saturated carbocycles. The average Bonchev–Trinajstić information content (AvgIpc) is 2.54. The molecule has 0 aliphatic rings. The Morgan fingerprint density at radius 1 is 0.952 bits per heavy atom. The third-order valence-electron chi connectivity index (χ3n) is 2.99. The minimum Gasteiger partial charge on any atom is -0.497 e. The minimum atomic E-state index is 0.626. The molecular weight excluding hydrogens is 284 g/mol. The molecule has 0 fully saturated rings. The molecule has 3 heteroatoms. The average molecular weight is 303 g/mol. The molecule has 21 heavy (non-hydrogen) atoms. The number of benzene rings is 2. The molecule has 2 aromatic rings. The molecule has 0 aromatic heterocycles. The highest BCUT2D eigenvalue weighted by atomic mass is 35.5. The van der Waals surface area contributed by atoms with E-state index >= 15 is 0 Å². The molecule has 0 heterocycles. The molecule has 0 spiro atoms. The van der Waals surface area contributed by atoms with Gasteiger partial charge in [-0.2, -0.15) is 0 Å². The van der Waals surface area contributed by atoms with Gasteiger partial charge in [0.1, 0.15) is 11.5 Å². The summed E-state index contributed by atoms with van der Waals surface area (Å²) < 4.78 is 10.8. The Kier molecular flexibility index (Phi) is 6.17. The summed E-state index contributed by atoms with van der Waals surface area (Å²) >= 11 is 5.62. The van der Waals surface area contributed by atoms with Gasteiger partial charge in [0, 0.05) is 5.88 Å². The Balaban J connectivity index is 1.97. The Morgan fingerprint density at radius 3 is 2.43 bits per heavy atom. The monoisotopic (exact) mass is 302 g/mol. The van der Waals surface area contributed by atoms with Crippen molar-refractivity contribution in [3.05, 3.63) is 59.7 Å². The highest BCUT2D eigenvalue weighted by molar-refractivity contribution is 6.17. The molecule has 0 saturated heterocycles. The molecule has 0 N–H and O–H groups in total. The van der Waals surface area contributed by atoms with Gasteiger partial charge in [-0.1, -0.05) is 36.4 Å². The van der Waals surface area contributed by atoms with Crippen LogP contribution in [0.25, 0.3) is 12.2 Å². The molecular formula is C18H19ClO2. The zero-order valence-corrected chi connectivity index (χ0v) is 12.8. The van der Waals surface area contributed by atoms with Gasteiger partial charge in [-0.25, -0.2) is 0 Å². The third-order valence-corrected chi connectivity index (χ3v) is 3.26. The van der Waals surface area contributed by atoms with Crippen molar-refractivity contribution < 1.29 is 9.47 Å². The second-order valence-electron chi connectivity index (χ2n) is 4.57. The van der Waals surface area contributed by atoms with E-state index in [-0.39, 0.29) is 0 Å². The third kappa shape index (κ3) is 5.16. The first-order valence-electron chi connectivity index (χ1n) is 6.93. The molecule has 0 unspecified atom stereocenters. The van der Waals surface area contributed by atoms with Crippen LogP contribution in [0, 0.1) is 0 Å². The van der Waals surface area contributed by atoms with Gasteiger partial charge >= 0.3 is 0 Å². The fraction of sp³-hybridized carbons (Fsp3) is 0.222. The van der Waals surface area contributed by atoms with Crippen LogP contribution in [-0.4, -0.2) is 19.6 Å². The SMILES string of the molecule is COc1cccc(/C=C/c2ccc(OCCCCl)cc2)c1. The lowest BCUT2D eigenvalue weighted by Gasteiger charge is -2.04. The Bertz CT molecular complexity index is 576. The summed E-state index contributed by atoms with van der Waals surface area (Å²) in [4.78, 5) is 0. The lowest BCUT2D eigenvalue weighted by atomic mass is 10.1. The fourth-order valence-corrected chi connectivity index (χ4v) is 1.97. The van der Waals surface area contributed by atoms with Crippen LogP contribution in [0.15, 0.2) is 48.5 Å². The number of hydrogen-bond acceptors (Lipinski definition) is 2. The molecule has 0 aliphatic carbocycles. The van der Waals surface area contributed by atoms with E-state index < -0.39 is 0 Å². The Labute approximate surface area is 131 Å². The smallest absolute Gasteiger partial charge is 0.119 e. The van der Waals surface area contributed by atoms with Crippen LogP contribution in [0.1, 0.15) is 17.5 Å². The van der Waals surface area contributed by atoms with Crippen molar-refractivity contribution in [1.29, 1.82) is 0 Å². The van der Waals surface area contributed by atoms with Crippen LogP contribution in [0.4, 0.5) is 0 Å². The fourth-order valence-electron chi connectivity index (χ4n) is 1.86. The molecule has 2 rings (SSSR count). The molecule has 0 amide bonds. The summed E-state index contributed by atoms with van der Waals surface area (Å²) in [7, 11) is 1.67. The van der Waals surface area contributed by atoms with Crippen LogP contribution in [-0.2, 0) is 0 Å². The summed E-state index contributed by atoms with van der Waals surface area (Å²) in [5.41, 5.74) is 2.24. The molecule has 0 aliphatic heterocycles. The van der Waals surface area contributed by atoms with Gasteiger partial charge in [-0.05, 0) is 41.8 Å². The first-order chi connectivity index (χ1) is 10.3. The normalized spacial score (nSPS) is 10.8. The van der Waals surface area contributed by atoms with Crippen molar-refractivity contribution in [2.45, 2.75) is 6.42 Å². The van der Waals surface area contributed by atoms with Gasteiger partial charge < -0.3 is 9.47 Å². The highest BCUT2D eigenvalue weighted by Crippen LogP contribution is 2.17. The van der Waals surface area contributed by atoms with Crippen LogP contribution < -0.4 is 9.47 Å². The number of halogens is 1. The summed E-state index contributed by atoms with van der Waals surface area (Å²) in [5.74, 6) is 2.36. The van der Waals surface area contributed by atoms with Crippen LogP contribution in [0.5, 0.6) is 11.5 Å². The quantitative estimate of drug-likeness (QED) is 0.412. The van der Waals surface area contributed by atoms with Gasteiger partial charge in [-0.15, -0.1) is 11.6 Å². The van der Waals surface area contributed by atoms with Gasteiger partial charge in [0.05, 0.1) is 13.7 Å². The van der Waals surface area contributed by atoms with E-state index in [9.17, 15) is 0 Å². The topological polar surface area (TPSA) is 18.5 Å². The lowest BCUT2D eigenvalue weighted by molar-refractivity contribution is 0.318. The molecule has 0 bridgehead atoms. The largest absolute Gasteiger partial charge is 0.497 e. The first kappa shape index (κ1) is 15.5. The van der Waals surface area contributed by atoms with Crippen molar-refractivity contribution in [2.24, 2.45) is 0 Å². The van der Waals surface area contributed by atoms with E-state index in [0.717, 1.165) is 29.0 Å². The number of methoxy groups -OCH3 is 1. The van der Waals surface area contributed by atoms with Crippen LogP contribution in [0.3, 0.4) is 0 Å². The molecule has 2 nitrogen and oxygen atoms in total. The van der Waals surface area contributed by atoms with E-state index in [4.69, 9.17) is 21.1 Å². The van der Waals surface area contributed by atoms with Crippen molar-refractivity contribution in [2.75, 3.05) is 19.6 Å². The lowest BCUT2D eigenvalue weighted by Crippen LogP contribution is -1.97. The maximum absolute atomic E-state index is 5.62. The zero-order chi connectivity index (χ0) is 14.9. The van der Waals surface area contributed by atoms with E-state index in [1.165, 1.54) is 0 Å². The van der Waals surface area contributed by atoms with Gasteiger partial charge in [0.15, 0.2) is 0 Å². The van der Waals surface area contributed by atoms with Crippen molar-refractivity contribution in [3.63, 3.8) is 0 Å². The number of rotatable bonds is 7. The Hall–Kier alpha value is -1.93. The minimum absolute atomic E-state index is 0.626. The maximum Gasteiger partial charge on any atom is 0.119 e. The first-order valence-corrected chi connectivity index (χ1v) is 7.46. The van der Waals surface area contributed by atoms with Gasteiger partial charge in [0.2, 0.25) is 0 Å². The second kappa shape index (κ2) is 8.38. The van der Waals surface area contributed by atoms with E-state index in [0.29, 0.717) is 12.5 Å². The van der Waals surface area contributed by atoms with Crippen molar-refractivity contribution in [3.8, 4) is 11.5 Å². The summed E-state index contributed by atoms with van der Waals surface area (Å²) in [6.45, 7) is 0.655. The summed E-state index contributed by atoms with van der Waals surface area (Å²) in [6.07, 6.45) is 4.99. The molecule has 0 radical (unpaired) electrons. The highest BCUT2D eigenvalue weighted by Gasteiger charge is 1.95.